The quantitative estimate of drug-likeness (QED) is 0.164. The molecule has 59 heavy (non-hydrogen) atoms. The van der Waals surface area contributed by atoms with E-state index in [1.807, 2.05) is 0 Å². The van der Waals surface area contributed by atoms with Gasteiger partial charge in [0.2, 0.25) is 0 Å². The first-order valence-electron chi connectivity index (χ1n) is 20.5. The molecule has 0 unspecified atom stereocenters. The summed E-state index contributed by atoms with van der Waals surface area (Å²) in [6.45, 7) is 2.23. The molecule has 10 aromatic carbocycles. The van der Waals surface area contributed by atoms with E-state index in [0.717, 1.165) is 0 Å². The number of hydrogen-bond donors (Lipinski definition) is 0. The number of fused-ring (bicyclic) bond motifs is 3. The van der Waals surface area contributed by atoms with E-state index in [1.165, 1.54) is 107 Å². The molecule has 0 saturated carbocycles. The third kappa shape index (κ3) is 4.27. The predicted octanol–water partition coefficient (Wildman–Crippen LogP) is 12.2. The third-order valence-electron chi connectivity index (χ3n) is 13.2. The summed E-state index contributed by atoms with van der Waals surface area (Å²) in [4.78, 5) is 7.84. The Morgan fingerprint density at radius 1 is 0.271 bits per heavy atom. The summed E-state index contributed by atoms with van der Waals surface area (Å²) in [6, 6.07) is 77.8. The van der Waals surface area contributed by atoms with Crippen LogP contribution in [0.15, 0.2) is 206 Å². The van der Waals surface area contributed by atoms with Crippen molar-refractivity contribution in [3.8, 4) is 0 Å². The normalized spacial score (nSPS) is 14.2. The molecule has 3 aliphatic rings. The fraction of sp³-hybridized carbons (Fsp3) is 0.0182. The van der Waals surface area contributed by atoms with Crippen LogP contribution in [-0.4, -0.2) is 13.3 Å². The number of aryl methyl sites for hydroxylation is 1. The summed E-state index contributed by atoms with van der Waals surface area (Å²) in [5.74, 6) is 0. The molecule has 0 spiro atoms. The van der Waals surface area contributed by atoms with E-state index in [2.05, 4.69) is 228 Å². The van der Waals surface area contributed by atoms with E-state index in [0.29, 0.717) is 0 Å². The van der Waals surface area contributed by atoms with Gasteiger partial charge in [0.1, 0.15) is 0 Å². The van der Waals surface area contributed by atoms with Crippen LogP contribution in [0.4, 0.5) is 51.2 Å². The van der Waals surface area contributed by atoms with E-state index in [-0.39, 0.29) is 0 Å². The molecule has 0 aromatic heterocycles. The van der Waals surface area contributed by atoms with E-state index in [9.17, 15) is 0 Å². The second-order valence-corrected chi connectivity index (χ2v) is 23.6. The number of hydrogen-bond acceptors (Lipinski definition) is 3. The summed E-state index contributed by atoms with van der Waals surface area (Å²) in [7, 11) is 0. The molecular weight excluding hydrogens is 775 g/mol. The predicted molar refractivity (Wildman–Crippen MR) is 252 cm³/mol. The van der Waals surface area contributed by atoms with Gasteiger partial charge in [-0.3, -0.25) is 0 Å². The molecule has 3 heterocycles. The van der Waals surface area contributed by atoms with Crippen molar-refractivity contribution in [1.82, 2.24) is 0 Å². The van der Waals surface area contributed by atoms with Crippen LogP contribution in [0.1, 0.15) is 5.56 Å². The maximum absolute atomic E-state index is 3.95. The van der Waals surface area contributed by atoms with E-state index in [1.54, 1.807) is 0 Å². The molecule has 0 N–H and O–H groups in total. The first-order valence-corrected chi connectivity index (χ1v) is 24.7. The average molecular weight is 813 g/mol. The van der Waals surface area contributed by atoms with Crippen molar-refractivity contribution in [3.05, 3.63) is 212 Å². The third-order valence-corrected chi connectivity index (χ3v) is 23.7. The summed E-state index contributed by atoms with van der Waals surface area (Å²) in [5.41, 5.74) is 12.5. The Morgan fingerprint density at radius 2 is 0.610 bits per heavy atom. The number of rotatable bonds is 4. The summed E-state index contributed by atoms with van der Waals surface area (Å²) < 4.78 is 5.89. The average Bonchev–Trinajstić information content (AvgIpc) is 3.30. The van der Waals surface area contributed by atoms with Gasteiger partial charge in [-0.15, -0.1) is 0 Å². The molecule has 10 aromatic rings. The van der Waals surface area contributed by atoms with Gasteiger partial charge in [0.05, 0.1) is 0 Å². The Bertz CT molecular complexity index is 3220. The minimum absolute atomic E-state index is 1.20. The fourth-order valence-electron chi connectivity index (χ4n) is 11.0. The zero-order valence-electron chi connectivity index (χ0n) is 32.5. The minimum atomic E-state index is -3.95. The van der Waals surface area contributed by atoms with E-state index in [4.69, 9.17) is 0 Å². The van der Waals surface area contributed by atoms with Gasteiger partial charge in [0.15, 0.2) is 0 Å². The molecule has 0 radical (unpaired) electrons. The Kier molecular flexibility index (Phi) is 6.82. The van der Waals surface area contributed by atoms with Crippen molar-refractivity contribution < 1.29 is 0 Å². The summed E-state index contributed by atoms with van der Waals surface area (Å²) in [6.07, 6.45) is 0. The van der Waals surface area contributed by atoms with Crippen molar-refractivity contribution in [2.45, 2.75) is 6.92 Å². The van der Waals surface area contributed by atoms with Gasteiger partial charge in [-0.1, -0.05) is 0 Å². The van der Waals surface area contributed by atoms with Crippen LogP contribution in [0.25, 0.3) is 32.3 Å². The molecule has 276 valence electrons. The van der Waals surface area contributed by atoms with E-state index >= 15 is 0 Å². The maximum atomic E-state index is 2.62. The fourth-order valence-corrected chi connectivity index (χ4v) is 23.1. The Balaban J connectivity index is 1.26. The second-order valence-electron chi connectivity index (χ2n) is 16.1. The van der Waals surface area contributed by atoms with Crippen LogP contribution in [0.2, 0.25) is 0 Å². The molecule has 0 amide bonds. The molecule has 0 atom stereocenters. The van der Waals surface area contributed by atoms with Crippen molar-refractivity contribution in [2.75, 3.05) is 14.7 Å². The van der Waals surface area contributed by atoms with Crippen molar-refractivity contribution in [3.63, 3.8) is 0 Å². The van der Waals surface area contributed by atoms with Gasteiger partial charge in [0, 0.05) is 0 Å². The zero-order valence-corrected chi connectivity index (χ0v) is 34.6. The number of benzene rings is 10. The molecule has 0 bridgehead atoms. The van der Waals surface area contributed by atoms with Crippen molar-refractivity contribution in [2.24, 2.45) is 0 Å². The number of nitrogens with zero attached hydrogens (tertiary/aromatic N) is 3. The van der Waals surface area contributed by atoms with Gasteiger partial charge in [-0.2, -0.15) is 0 Å². The molecule has 0 saturated heterocycles. The first kappa shape index (κ1) is 33.0. The van der Waals surface area contributed by atoms with Gasteiger partial charge in [0.25, 0.3) is 0 Å². The summed E-state index contributed by atoms with van der Waals surface area (Å²) in [5, 5.41) is 7.49. The number of anilines is 9. The standard InChI is InChI=1S/C55H37GeN3/c1-36-34-35-46(43-25-10-9-22-40(36)43)59-51-32-14-30-49-54(51)56(39-20-3-2-4-21-39)53-47(57(49)44-26-11-18-37-16-5-7-23-41(37)44)28-13-29-48(53)58(50-31-15-33-52(59)55(50)56)45-27-12-19-38-17-6-8-24-42(38)45/h2-35H,1H3. The summed E-state index contributed by atoms with van der Waals surface area (Å²) >= 11 is -3.95. The molecular formula is C55H37GeN3. The van der Waals surface area contributed by atoms with Crippen LogP contribution in [-0.2, 0) is 0 Å². The van der Waals surface area contributed by atoms with Crippen LogP contribution in [0.5, 0.6) is 0 Å². The van der Waals surface area contributed by atoms with Gasteiger partial charge < -0.3 is 0 Å². The van der Waals surface area contributed by atoms with Crippen LogP contribution < -0.4 is 32.3 Å². The molecule has 3 nitrogen and oxygen atoms in total. The van der Waals surface area contributed by atoms with E-state index < -0.39 is 13.3 Å². The second kappa shape index (κ2) is 12.2. The van der Waals surface area contributed by atoms with Crippen molar-refractivity contribution >= 4 is 114 Å². The van der Waals surface area contributed by atoms with Gasteiger partial charge >= 0.3 is 348 Å². The van der Waals surface area contributed by atoms with Crippen LogP contribution in [0.3, 0.4) is 0 Å². The van der Waals surface area contributed by atoms with Crippen LogP contribution >= 0.6 is 0 Å². The zero-order chi connectivity index (χ0) is 38.8. The SMILES string of the molecule is Cc1ccc(N2c3cccc4[c]3[Ge]3([c]5ccccc5)[c]5c(cccc5N(c5cccc6ccccc56)c5cccc2[c]53)N4c2cccc3ccccc23)c2ccccc12. The first-order chi connectivity index (χ1) is 29.2. The van der Waals surface area contributed by atoms with Gasteiger partial charge in [-0.25, -0.2) is 0 Å². The Hall–Kier alpha value is -7.08. The van der Waals surface area contributed by atoms with Crippen molar-refractivity contribution in [1.29, 1.82) is 0 Å². The topological polar surface area (TPSA) is 9.72 Å². The molecule has 0 aliphatic carbocycles. The Labute approximate surface area is 346 Å². The molecule has 3 aliphatic heterocycles. The molecule has 13 rings (SSSR count). The molecule has 4 heteroatoms. The Morgan fingerprint density at radius 3 is 1.08 bits per heavy atom. The van der Waals surface area contributed by atoms with Gasteiger partial charge in [-0.05, 0) is 0 Å². The molecule has 0 fully saturated rings. The van der Waals surface area contributed by atoms with Crippen LogP contribution in [0, 0.1) is 6.92 Å². The monoisotopic (exact) mass is 813 g/mol.